The Morgan fingerprint density at radius 1 is 1.00 bits per heavy atom. The molecule has 0 radical (unpaired) electrons. The molecule has 0 atom stereocenters. The van der Waals surface area contributed by atoms with Crippen molar-refractivity contribution in [3.05, 3.63) is 63.9 Å². The SMILES string of the molecule is N#Cc1ccc(-n2sc3ccccc3c2=O)cc1C#N. The predicted molar refractivity (Wildman–Crippen MR) is 76.9 cm³/mol. The molecule has 2 aromatic carbocycles. The summed E-state index contributed by atoms with van der Waals surface area (Å²) < 4.78 is 2.42. The van der Waals surface area contributed by atoms with Gasteiger partial charge in [0.05, 0.1) is 26.9 Å². The van der Waals surface area contributed by atoms with Gasteiger partial charge in [0.2, 0.25) is 0 Å². The van der Waals surface area contributed by atoms with E-state index >= 15 is 0 Å². The van der Waals surface area contributed by atoms with Gasteiger partial charge in [-0.3, -0.25) is 4.79 Å². The number of nitrogens with zero attached hydrogens (tertiary/aromatic N) is 3. The quantitative estimate of drug-likeness (QED) is 0.686. The van der Waals surface area contributed by atoms with Gasteiger partial charge in [0.15, 0.2) is 0 Å². The van der Waals surface area contributed by atoms with Crippen molar-refractivity contribution >= 4 is 21.6 Å². The second-order valence-corrected chi connectivity index (χ2v) is 5.13. The fourth-order valence-electron chi connectivity index (χ4n) is 1.99. The first-order valence-corrected chi connectivity index (χ1v) is 6.57. The summed E-state index contributed by atoms with van der Waals surface area (Å²) in [6.07, 6.45) is 0. The molecule has 20 heavy (non-hydrogen) atoms. The van der Waals surface area contributed by atoms with Crippen molar-refractivity contribution in [2.75, 3.05) is 0 Å². The van der Waals surface area contributed by atoms with E-state index in [9.17, 15) is 4.79 Å². The number of rotatable bonds is 1. The Balaban J connectivity index is 2.27. The lowest BCUT2D eigenvalue weighted by molar-refractivity contribution is 1.14. The van der Waals surface area contributed by atoms with Crippen LogP contribution in [-0.2, 0) is 0 Å². The average molecular weight is 277 g/mol. The van der Waals surface area contributed by atoms with Gasteiger partial charge in [-0.15, -0.1) is 0 Å². The monoisotopic (exact) mass is 277 g/mol. The van der Waals surface area contributed by atoms with Crippen LogP contribution >= 0.6 is 11.5 Å². The fourth-order valence-corrected chi connectivity index (χ4v) is 2.98. The van der Waals surface area contributed by atoms with Crippen molar-refractivity contribution < 1.29 is 0 Å². The Bertz CT molecular complexity index is 954. The first-order valence-electron chi connectivity index (χ1n) is 5.80. The maximum atomic E-state index is 12.3. The number of benzene rings is 2. The van der Waals surface area contributed by atoms with E-state index in [-0.39, 0.29) is 11.1 Å². The molecule has 0 fully saturated rings. The summed E-state index contributed by atoms with van der Waals surface area (Å²) in [7, 11) is 0. The molecule has 0 unspecified atom stereocenters. The van der Waals surface area contributed by atoms with Gasteiger partial charge in [-0.1, -0.05) is 23.7 Å². The lowest BCUT2D eigenvalue weighted by Crippen LogP contribution is -2.10. The summed E-state index contributed by atoms with van der Waals surface area (Å²) in [6.45, 7) is 0. The van der Waals surface area contributed by atoms with E-state index in [1.165, 1.54) is 15.5 Å². The molecule has 3 aromatic rings. The van der Waals surface area contributed by atoms with Crippen molar-refractivity contribution in [2.24, 2.45) is 0 Å². The van der Waals surface area contributed by atoms with Gasteiger partial charge in [-0.05, 0) is 30.3 Å². The molecule has 0 bridgehead atoms. The van der Waals surface area contributed by atoms with E-state index in [1.54, 1.807) is 24.3 Å². The van der Waals surface area contributed by atoms with Crippen molar-refractivity contribution in [3.63, 3.8) is 0 Å². The molecule has 3 rings (SSSR count). The van der Waals surface area contributed by atoms with Gasteiger partial charge < -0.3 is 0 Å². The van der Waals surface area contributed by atoms with E-state index < -0.39 is 0 Å². The van der Waals surface area contributed by atoms with E-state index in [0.717, 1.165) is 4.70 Å². The van der Waals surface area contributed by atoms with Crippen molar-refractivity contribution in [3.8, 4) is 17.8 Å². The minimum Gasteiger partial charge on any atom is -0.267 e. The van der Waals surface area contributed by atoms with Crippen LogP contribution in [0.1, 0.15) is 11.1 Å². The molecule has 0 aliphatic rings. The lowest BCUT2D eigenvalue weighted by Gasteiger charge is -2.01. The maximum Gasteiger partial charge on any atom is 0.273 e. The van der Waals surface area contributed by atoms with Crippen molar-refractivity contribution in [2.45, 2.75) is 0 Å². The molecule has 0 spiro atoms. The third-order valence-corrected chi connectivity index (χ3v) is 4.08. The highest BCUT2D eigenvalue weighted by atomic mass is 32.1. The number of hydrogen-bond acceptors (Lipinski definition) is 4. The van der Waals surface area contributed by atoms with E-state index in [0.29, 0.717) is 16.6 Å². The van der Waals surface area contributed by atoms with Crippen molar-refractivity contribution in [1.82, 2.24) is 3.96 Å². The summed E-state index contributed by atoms with van der Waals surface area (Å²) >= 11 is 1.32. The third kappa shape index (κ3) is 1.78. The minimum atomic E-state index is -0.112. The van der Waals surface area contributed by atoms with E-state index in [4.69, 9.17) is 10.5 Å². The number of nitriles is 2. The first-order chi connectivity index (χ1) is 9.74. The zero-order chi connectivity index (χ0) is 14.1. The largest absolute Gasteiger partial charge is 0.273 e. The predicted octanol–water partition coefficient (Wildman–Crippen LogP) is 2.80. The molecule has 1 heterocycles. The number of fused-ring (bicyclic) bond motifs is 1. The van der Waals surface area contributed by atoms with Crippen LogP contribution in [0.5, 0.6) is 0 Å². The van der Waals surface area contributed by atoms with E-state index in [1.807, 2.05) is 30.3 Å². The summed E-state index contributed by atoms with van der Waals surface area (Å²) in [5.41, 5.74) is 1.07. The Labute approximate surface area is 118 Å². The standard InChI is InChI=1S/C15H7N3OS/c16-8-10-5-6-12(7-11(10)9-17)18-15(19)13-3-1-2-4-14(13)20-18/h1-7H. The Morgan fingerprint density at radius 3 is 2.45 bits per heavy atom. The van der Waals surface area contributed by atoms with Gasteiger partial charge in [0.1, 0.15) is 12.1 Å². The van der Waals surface area contributed by atoms with Gasteiger partial charge in [-0.25, -0.2) is 3.96 Å². The zero-order valence-electron chi connectivity index (χ0n) is 10.2. The molecule has 0 saturated heterocycles. The average Bonchev–Trinajstić information content (AvgIpc) is 2.84. The number of hydrogen-bond donors (Lipinski definition) is 0. The molecule has 4 nitrogen and oxygen atoms in total. The second-order valence-electron chi connectivity index (χ2n) is 4.14. The molecule has 0 amide bonds. The summed E-state index contributed by atoms with van der Waals surface area (Å²) in [6, 6.07) is 16.1. The third-order valence-electron chi connectivity index (χ3n) is 2.97. The summed E-state index contributed by atoms with van der Waals surface area (Å²) in [5, 5.41) is 18.6. The van der Waals surface area contributed by atoms with Crippen LogP contribution in [-0.4, -0.2) is 3.96 Å². The van der Waals surface area contributed by atoms with Crippen LogP contribution < -0.4 is 5.56 Å². The Kier molecular flexibility index (Phi) is 2.83. The highest BCUT2D eigenvalue weighted by Crippen LogP contribution is 2.21. The molecule has 1 aromatic heterocycles. The molecule has 0 N–H and O–H groups in total. The molecule has 94 valence electrons. The van der Waals surface area contributed by atoms with Crippen LogP contribution in [0.15, 0.2) is 47.3 Å². The molecule has 5 heteroatoms. The van der Waals surface area contributed by atoms with Gasteiger partial charge >= 0.3 is 0 Å². The van der Waals surface area contributed by atoms with E-state index in [2.05, 4.69) is 0 Å². The summed E-state index contributed by atoms with van der Waals surface area (Å²) in [5.74, 6) is 0. The Hall–Kier alpha value is -2.89. The topological polar surface area (TPSA) is 69.6 Å². The molecule has 0 saturated carbocycles. The second kappa shape index (κ2) is 4.65. The Morgan fingerprint density at radius 2 is 1.75 bits per heavy atom. The van der Waals surface area contributed by atoms with Crippen LogP contribution in [0, 0.1) is 22.7 Å². The summed E-state index contributed by atoms with van der Waals surface area (Å²) in [4.78, 5) is 12.3. The molecule has 0 aliphatic heterocycles. The molecular formula is C15H7N3OS. The first kappa shape index (κ1) is 12.2. The maximum absolute atomic E-state index is 12.3. The highest BCUT2D eigenvalue weighted by molar-refractivity contribution is 7.14. The number of aromatic nitrogens is 1. The van der Waals surface area contributed by atoms with Crippen LogP contribution in [0.3, 0.4) is 0 Å². The highest BCUT2D eigenvalue weighted by Gasteiger charge is 2.10. The smallest absolute Gasteiger partial charge is 0.267 e. The lowest BCUT2D eigenvalue weighted by atomic mass is 10.1. The van der Waals surface area contributed by atoms with Gasteiger partial charge in [-0.2, -0.15) is 10.5 Å². The van der Waals surface area contributed by atoms with Gasteiger partial charge in [0.25, 0.3) is 5.56 Å². The fraction of sp³-hybridized carbons (Fsp3) is 0. The van der Waals surface area contributed by atoms with Crippen LogP contribution in [0.25, 0.3) is 15.8 Å². The minimum absolute atomic E-state index is 0.112. The van der Waals surface area contributed by atoms with Gasteiger partial charge in [0, 0.05) is 0 Å². The molecule has 0 aliphatic carbocycles. The van der Waals surface area contributed by atoms with Crippen LogP contribution in [0.2, 0.25) is 0 Å². The van der Waals surface area contributed by atoms with Crippen molar-refractivity contribution in [1.29, 1.82) is 10.5 Å². The zero-order valence-corrected chi connectivity index (χ0v) is 11.0. The molecular weight excluding hydrogens is 270 g/mol. The normalized spacial score (nSPS) is 10.1. The van der Waals surface area contributed by atoms with Crippen LogP contribution in [0.4, 0.5) is 0 Å².